The molecule has 16 nitrogen and oxygen atoms in total. The van der Waals surface area contributed by atoms with Crippen molar-refractivity contribution in [3.8, 4) is 0 Å². The third-order valence-corrected chi connectivity index (χ3v) is 10.4. The van der Waals surface area contributed by atoms with Crippen molar-refractivity contribution in [3.63, 3.8) is 0 Å². The first-order chi connectivity index (χ1) is 27.5. The first-order valence-corrected chi connectivity index (χ1v) is 19.2. The molecular formula is C43H57NO15. The van der Waals surface area contributed by atoms with Gasteiger partial charge < -0.3 is 38.3 Å². The molecule has 0 unspecified atom stereocenters. The zero-order valence-corrected chi connectivity index (χ0v) is 35.8. The van der Waals surface area contributed by atoms with Gasteiger partial charge in [-0.3, -0.25) is 33.7 Å². The summed E-state index contributed by atoms with van der Waals surface area (Å²) >= 11 is 0. The summed E-state index contributed by atoms with van der Waals surface area (Å²) < 4.78 is 41.0. The molecule has 2 bridgehead atoms. The number of rotatable bonds is 12. The van der Waals surface area contributed by atoms with Gasteiger partial charge in [-0.05, 0) is 62.6 Å². The zero-order chi connectivity index (χ0) is 44.5. The van der Waals surface area contributed by atoms with Crippen LogP contribution in [0.25, 0.3) is 0 Å². The first kappa shape index (κ1) is 48.0. The van der Waals surface area contributed by atoms with Crippen LogP contribution in [0.5, 0.6) is 0 Å². The first-order valence-electron chi connectivity index (χ1n) is 19.2. The molecule has 59 heavy (non-hydrogen) atoms. The van der Waals surface area contributed by atoms with Crippen molar-refractivity contribution >= 4 is 41.8 Å². The highest BCUT2D eigenvalue weighted by Gasteiger charge is 2.52. The monoisotopic (exact) mass is 827 g/mol. The van der Waals surface area contributed by atoms with Crippen molar-refractivity contribution < 1.29 is 71.8 Å². The number of nitrogens with zero attached hydrogens (tertiary/aromatic N) is 1. The third-order valence-electron chi connectivity index (χ3n) is 10.4. The molecule has 1 N–H and O–H groups in total. The molecule has 3 rings (SSSR count). The van der Waals surface area contributed by atoms with E-state index in [4.69, 9.17) is 33.2 Å². The fourth-order valence-electron chi connectivity index (χ4n) is 7.88. The Kier molecular flexibility index (Phi) is 16.7. The molecular weight excluding hydrogens is 770 g/mol. The van der Waals surface area contributed by atoms with Gasteiger partial charge in [-0.15, -0.1) is 0 Å². The van der Waals surface area contributed by atoms with Gasteiger partial charge in [0.2, 0.25) is 0 Å². The fourth-order valence-corrected chi connectivity index (χ4v) is 7.88. The lowest BCUT2D eigenvalue weighted by molar-refractivity contribution is -0.164. The lowest BCUT2D eigenvalue weighted by atomic mass is 9.60. The van der Waals surface area contributed by atoms with Crippen LogP contribution in [0.2, 0.25) is 0 Å². The maximum absolute atomic E-state index is 14.2. The molecule has 1 aromatic rings. The Hall–Kier alpha value is -5.35. The number of aliphatic hydroxyl groups excluding tert-OH is 1. The fraction of sp³-hybridized carbons (Fsp3) is 0.558. The molecule has 0 fully saturated rings. The van der Waals surface area contributed by atoms with E-state index in [0.29, 0.717) is 16.7 Å². The Morgan fingerprint density at radius 3 is 1.75 bits per heavy atom. The quantitative estimate of drug-likeness (QED) is 0.176. The standard InChI is InChI=1S/C43H57NO15/c1-22-33(54-25(4)46)19-32-36(56-27(6)48)18-31(21-53-24(3)45)35(59-42(52)39(51)38(44(11)12)30-16-14-13-15-17-30)20-34(55-26(5)47)23(2)40(57-28(7)49)41(58-29(8)50)37(22)43(32,9)10/h13-18,32-36,38-39,41,51H,19-21H2,1-12H3/t32-,33-,34-,35-,36-,38-,39+,41+/m0/s1. The second kappa shape index (κ2) is 20.6. The predicted molar refractivity (Wildman–Crippen MR) is 209 cm³/mol. The average molecular weight is 828 g/mol. The molecule has 324 valence electrons. The maximum Gasteiger partial charge on any atom is 0.337 e. The summed E-state index contributed by atoms with van der Waals surface area (Å²) in [5.74, 6) is -6.71. The normalized spacial score (nSPS) is 24.2. The van der Waals surface area contributed by atoms with E-state index in [1.54, 1.807) is 70.1 Å². The van der Waals surface area contributed by atoms with Gasteiger partial charge in [0, 0.05) is 65.0 Å². The van der Waals surface area contributed by atoms with Crippen LogP contribution in [0.15, 0.2) is 64.5 Å². The molecule has 2 aliphatic rings. The molecule has 0 aromatic heterocycles. The van der Waals surface area contributed by atoms with Crippen LogP contribution in [0.4, 0.5) is 0 Å². The molecule has 16 heteroatoms. The number of carbonyl (C=O) groups excluding carboxylic acids is 7. The summed E-state index contributed by atoms with van der Waals surface area (Å²) in [6, 6.07) is 7.83. The Labute approximate surface area is 344 Å². The van der Waals surface area contributed by atoms with Gasteiger partial charge in [0.15, 0.2) is 18.0 Å². The van der Waals surface area contributed by atoms with E-state index in [0.717, 1.165) is 27.7 Å². The SMILES string of the molecule is CC(=O)OCC1=C[C@H](OC(C)=O)[C@@H]2C[C@H](OC(C)=O)C(C)=C([C@@H](OC(C)=O)C(OC(C)=O)=C(C)[C@@H](OC(C)=O)C[C@@H]1OC(=O)[C@H](O)[C@H](c1ccccc1)N(C)C)C2(C)C. The lowest BCUT2D eigenvalue weighted by Gasteiger charge is -2.48. The molecule has 1 aromatic carbocycles. The number of benzene rings is 1. The van der Waals surface area contributed by atoms with Crippen LogP contribution in [0.3, 0.4) is 0 Å². The van der Waals surface area contributed by atoms with Gasteiger partial charge in [-0.1, -0.05) is 44.2 Å². The average Bonchev–Trinajstić information content (AvgIpc) is 3.10. The minimum absolute atomic E-state index is 0.0520. The van der Waals surface area contributed by atoms with E-state index in [2.05, 4.69) is 0 Å². The number of aliphatic hydroxyl groups is 1. The van der Waals surface area contributed by atoms with Gasteiger partial charge in [0.25, 0.3) is 0 Å². The second-order valence-corrected chi connectivity index (χ2v) is 15.5. The summed E-state index contributed by atoms with van der Waals surface area (Å²) in [5.41, 5.74) is 0.338. The summed E-state index contributed by atoms with van der Waals surface area (Å²) in [7, 11) is 3.33. The van der Waals surface area contributed by atoms with E-state index < -0.39 is 109 Å². The Balaban J connectivity index is 2.53. The minimum Gasteiger partial charge on any atom is -0.461 e. The highest BCUT2D eigenvalue weighted by molar-refractivity contribution is 5.76. The third kappa shape index (κ3) is 12.6. The molecule has 0 saturated carbocycles. The minimum atomic E-state index is -1.79. The van der Waals surface area contributed by atoms with E-state index in [1.165, 1.54) is 26.8 Å². The van der Waals surface area contributed by atoms with Crippen LogP contribution in [0.1, 0.15) is 93.7 Å². The number of esters is 7. The summed E-state index contributed by atoms with van der Waals surface area (Å²) in [4.78, 5) is 92.3. The van der Waals surface area contributed by atoms with Crippen molar-refractivity contribution in [3.05, 3.63) is 70.0 Å². The van der Waals surface area contributed by atoms with Crippen molar-refractivity contribution in [1.82, 2.24) is 4.90 Å². The molecule has 0 aliphatic heterocycles. The van der Waals surface area contributed by atoms with Gasteiger partial charge >= 0.3 is 41.8 Å². The Morgan fingerprint density at radius 1 is 0.712 bits per heavy atom. The van der Waals surface area contributed by atoms with Gasteiger partial charge in [0.1, 0.15) is 31.0 Å². The maximum atomic E-state index is 14.2. The van der Waals surface area contributed by atoms with E-state index in [1.807, 2.05) is 0 Å². The molecule has 0 spiro atoms. The number of ether oxygens (including phenoxy) is 7. The Morgan fingerprint density at radius 2 is 1.25 bits per heavy atom. The number of hydrogen-bond acceptors (Lipinski definition) is 16. The largest absolute Gasteiger partial charge is 0.461 e. The molecule has 0 radical (unpaired) electrons. The van der Waals surface area contributed by atoms with Crippen molar-refractivity contribution in [1.29, 1.82) is 0 Å². The van der Waals surface area contributed by atoms with Crippen LogP contribution in [0, 0.1) is 11.3 Å². The molecule has 0 amide bonds. The summed E-state index contributed by atoms with van der Waals surface area (Å²) in [6.45, 7) is 13.1. The molecule has 0 heterocycles. The number of carbonyl (C=O) groups is 7. The number of likely N-dealkylation sites (N-methyl/N-ethyl adjacent to an activating group) is 1. The van der Waals surface area contributed by atoms with Crippen LogP contribution in [-0.4, -0.2) is 109 Å². The van der Waals surface area contributed by atoms with E-state index in [9.17, 15) is 38.7 Å². The van der Waals surface area contributed by atoms with Crippen molar-refractivity contribution in [2.45, 2.75) is 125 Å². The van der Waals surface area contributed by atoms with Crippen molar-refractivity contribution in [2.24, 2.45) is 11.3 Å². The highest BCUT2D eigenvalue weighted by atomic mass is 16.6. The summed E-state index contributed by atoms with van der Waals surface area (Å²) in [6.07, 6.45) is -7.34. The van der Waals surface area contributed by atoms with Gasteiger partial charge in [0.05, 0.1) is 6.04 Å². The smallest absolute Gasteiger partial charge is 0.337 e. The predicted octanol–water partition coefficient (Wildman–Crippen LogP) is 4.38. The van der Waals surface area contributed by atoms with Crippen LogP contribution in [-0.2, 0) is 66.7 Å². The molecule has 8 atom stereocenters. The Bertz CT molecular complexity index is 1860. The summed E-state index contributed by atoms with van der Waals surface area (Å²) in [5, 5.41) is 11.6. The van der Waals surface area contributed by atoms with Gasteiger partial charge in [-0.25, -0.2) is 4.79 Å². The topological polar surface area (TPSA) is 208 Å². The van der Waals surface area contributed by atoms with Crippen LogP contribution >= 0.6 is 0 Å². The van der Waals surface area contributed by atoms with E-state index in [-0.39, 0.29) is 23.3 Å². The van der Waals surface area contributed by atoms with Crippen LogP contribution < -0.4 is 0 Å². The van der Waals surface area contributed by atoms with E-state index >= 15 is 0 Å². The van der Waals surface area contributed by atoms with Gasteiger partial charge in [-0.2, -0.15) is 0 Å². The molecule has 2 aliphatic carbocycles. The lowest BCUT2D eigenvalue weighted by Crippen LogP contribution is -2.49. The molecule has 0 saturated heterocycles. The van der Waals surface area contributed by atoms with Crippen molar-refractivity contribution in [2.75, 3.05) is 20.7 Å². The second-order valence-electron chi connectivity index (χ2n) is 15.5. The zero-order valence-electron chi connectivity index (χ0n) is 35.8. The number of hydrogen-bond donors (Lipinski definition) is 1. The number of fused-ring (bicyclic) bond motifs is 2. The highest BCUT2D eigenvalue weighted by Crippen LogP contribution is 2.52.